The Morgan fingerprint density at radius 3 is 2.19 bits per heavy atom. The van der Waals surface area contributed by atoms with E-state index in [1.807, 2.05) is 0 Å². The van der Waals surface area contributed by atoms with Crippen molar-refractivity contribution < 1.29 is 93.1 Å². The van der Waals surface area contributed by atoms with Gasteiger partial charge in [0.05, 0.1) is 31.0 Å². The summed E-state index contributed by atoms with van der Waals surface area (Å²) in [5, 5.41) is 85.2. The molecule has 356 valence electrons. The van der Waals surface area contributed by atoms with Crippen molar-refractivity contribution in [2.45, 2.75) is 176 Å². The maximum atomic E-state index is 12.6. The molecule has 23 atom stereocenters. The number of hydrogen-bond acceptors (Lipinski definition) is 19. The van der Waals surface area contributed by atoms with Gasteiger partial charge in [-0.25, -0.2) is 4.79 Å². The number of cyclic esters (lactones) is 1. The maximum absolute atomic E-state index is 12.6. The smallest absolute Gasteiger partial charge is 0.331 e. The zero-order valence-electron chi connectivity index (χ0n) is 36.3. The summed E-state index contributed by atoms with van der Waals surface area (Å²) in [5.41, 5.74) is 1.07. The van der Waals surface area contributed by atoms with Crippen molar-refractivity contribution in [1.29, 1.82) is 0 Å². The molecule has 0 radical (unpaired) electrons. The Labute approximate surface area is 366 Å². The summed E-state index contributed by atoms with van der Waals surface area (Å²) in [7, 11) is 1.40. The third-order valence-corrected chi connectivity index (χ3v) is 16.1. The maximum Gasteiger partial charge on any atom is 0.331 e. The summed E-state index contributed by atoms with van der Waals surface area (Å²) in [5.74, 6) is -0.259. The van der Waals surface area contributed by atoms with Gasteiger partial charge in [-0.1, -0.05) is 19.1 Å². The number of ether oxygens (including phenoxy) is 9. The molecule has 7 fully saturated rings. The van der Waals surface area contributed by atoms with Crippen molar-refractivity contribution in [1.82, 2.24) is 0 Å². The first-order chi connectivity index (χ1) is 29.9. The van der Waals surface area contributed by atoms with Crippen LogP contribution in [0.3, 0.4) is 0 Å². The van der Waals surface area contributed by atoms with Crippen LogP contribution in [0.5, 0.6) is 0 Å². The summed E-state index contributed by atoms with van der Waals surface area (Å²) in [6, 6.07) is 0. The van der Waals surface area contributed by atoms with E-state index in [2.05, 4.69) is 13.5 Å². The Hall–Kier alpha value is -2.18. The fourth-order valence-corrected chi connectivity index (χ4v) is 12.6. The molecule has 0 aromatic heterocycles. The minimum absolute atomic E-state index is 0.0306. The van der Waals surface area contributed by atoms with Gasteiger partial charge in [-0.15, -0.1) is 0 Å². The molecule has 8 aliphatic rings. The first-order valence-corrected chi connectivity index (χ1v) is 22.5. The van der Waals surface area contributed by atoms with E-state index in [0.29, 0.717) is 18.8 Å². The Bertz CT molecular complexity index is 1710. The summed E-state index contributed by atoms with van der Waals surface area (Å²) >= 11 is 0. The van der Waals surface area contributed by atoms with Crippen molar-refractivity contribution in [2.24, 2.45) is 35.0 Å². The average Bonchev–Trinajstić information content (AvgIpc) is 3.82. The third kappa shape index (κ3) is 8.56. The molecule has 4 aliphatic carbocycles. The highest BCUT2D eigenvalue weighted by Crippen LogP contribution is 2.67. The van der Waals surface area contributed by atoms with Gasteiger partial charge in [-0.2, -0.15) is 0 Å². The van der Waals surface area contributed by atoms with Gasteiger partial charge >= 0.3 is 11.9 Å². The lowest BCUT2D eigenvalue weighted by Gasteiger charge is -2.55. The zero-order chi connectivity index (χ0) is 45.3. The topological polar surface area (TPSA) is 279 Å². The van der Waals surface area contributed by atoms with Gasteiger partial charge in [-0.3, -0.25) is 4.79 Å². The van der Waals surface area contributed by atoms with E-state index >= 15 is 0 Å². The van der Waals surface area contributed by atoms with Gasteiger partial charge in [-0.05, 0) is 87.0 Å². The lowest BCUT2D eigenvalue weighted by atomic mass is 9.51. The quantitative estimate of drug-likeness (QED) is 0.0709. The van der Waals surface area contributed by atoms with Crippen LogP contribution in [0.1, 0.15) is 72.1 Å². The van der Waals surface area contributed by atoms with Crippen LogP contribution in [-0.4, -0.2) is 184 Å². The average molecular weight is 899 g/mol. The van der Waals surface area contributed by atoms with Crippen molar-refractivity contribution in [2.75, 3.05) is 26.9 Å². The Balaban J connectivity index is 0.915. The molecule has 4 heterocycles. The second kappa shape index (κ2) is 18.5. The first-order valence-electron chi connectivity index (χ1n) is 22.5. The van der Waals surface area contributed by atoms with Gasteiger partial charge in [0.1, 0.15) is 67.6 Å². The van der Waals surface area contributed by atoms with E-state index in [4.69, 9.17) is 42.6 Å². The number of aliphatic hydroxyl groups excluding tert-OH is 7. The van der Waals surface area contributed by atoms with Gasteiger partial charge < -0.3 is 83.5 Å². The van der Waals surface area contributed by atoms with Crippen LogP contribution < -0.4 is 0 Å². The van der Waals surface area contributed by atoms with Crippen LogP contribution in [0, 0.1) is 35.0 Å². The van der Waals surface area contributed by atoms with Gasteiger partial charge in [0.2, 0.25) is 0 Å². The molecule has 0 aromatic carbocycles. The van der Waals surface area contributed by atoms with Crippen LogP contribution in [0.4, 0.5) is 0 Å². The highest BCUT2D eigenvalue weighted by molar-refractivity contribution is 5.85. The Kier molecular flexibility index (Phi) is 13.9. The standard InChI is InChI=1S/C44H66O19/c1-18-24(21-12-30(47)56-16-21)9-11-44(54)25-7-6-22-13-23(8-10-43(22,4)27(25)14-26(18)44)60-42-39(59-20(3)46)38(55-5)37(19(2)58-42)63-41-36(53)34(51)32(49)29(62-41)17-57-40-35(52)33(50)31(48)28(15-45)61-40/h12,19,22-29,31-42,45,48-54H,1,6-11,13-17H2,2-5H3/t19-,22+,23-,24-,25+,26+,27-,28+,29+,31+,32+,33-,34-,35+,36+,37-,38+,39-,40+,41-,42-,43-,44-/m0/s1. The van der Waals surface area contributed by atoms with Crippen molar-refractivity contribution in [3.63, 3.8) is 0 Å². The molecule has 4 aliphatic heterocycles. The zero-order valence-corrected chi connectivity index (χ0v) is 36.3. The molecule has 0 unspecified atom stereocenters. The number of carbonyl (C=O) groups excluding carboxylic acids is 2. The second-order valence-corrected chi connectivity index (χ2v) is 19.4. The van der Waals surface area contributed by atoms with Crippen molar-refractivity contribution in [3.8, 4) is 0 Å². The first kappa shape index (κ1) is 47.3. The minimum Gasteiger partial charge on any atom is -0.458 e. The number of esters is 2. The van der Waals surface area contributed by atoms with Crippen LogP contribution in [0.15, 0.2) is 23.8 Å². The monoisotopic (exact) mass is 898 g/mol. The van der Waals surface area contributed by atoms with Crippen LogP contribution >= 0.6 is 0 Å². The number of rotatable bonds is 11. The predicted octanol–water partition coefficient (Wildman–Crippen LogP) is -0.895. The predicted molar refractivity (Wildman–Crippen MR) is 212 cm³/mol. The second-order valence-electron chi connectivity index (χ2n) is 19.4. The van der Waals surface area contributed by atoms with Gasteiger partial charge in [0.15, 0.2) is 25.0 Å². The molecule has 4 saturated carbocycles. The molecule has 8 N–H and O–H groups in total. The Morgan fingerprint density at radius 1 is 0.825 bits per heavy atom. The number of carbonyl (C=O) groups is 2. The molecule has 3 saturated heterocycles. The van der Waals surface area contributed by atoms with E-state index < -0.39 is 117 Å². The number of fused-ring (bicyclic) bond motifs is 5. The normalized spacial score (nSPS) is 51.1. The van der Waals surface area contributed by atoms with Gasteiger partial charge in [0, 0.05) is 31.9 Å². The third-order valence-electron chi connectivity index (χ3n) is 16.1. The molecule has 0 amide bonds. The molecule has 63 heavy (non-hydrogen) atoms. The number of aliphatic hydroxyl groups is 8. The Morgan fingerprint density at radius 2 is 1.52 bits per heavy atom. The minimum atomic E-state index is -1.80. The number of methoxy groups -OCH3 is 1. The molecule has 19 nitrogen and oxygen atoms in total. The lowest BCUT2D eigenvalue weighted by molar-refractivity contribution is -0.367. The summed E-state index contributed by atoms with van der Waals surface area (Å²) in [6.07, 6.45) is -13.6. The molecular weight excluding hydrogens is 832 g/mol. The van der Waals surface area contributed by atoms with E-state index in [9.17, 15) is 50.4 Å². The summed E-state index contributed by atoms with van der Waals surface area (Å²) < 4.78 is 53.1. The van der Waals surface area contributed by atoms with E-state index in [1.54, 1.807) is 13.0 Å². The highest BCUT2D eigenvalue weighted by atomic mass is 16.8. The molecule has 0 spiro atoms. The van der Waals surface area contributed by atoms with Crippen LogP contribution in [0.2, 0.25) is 0 Å². The molecule has 8 rings (SSSR count). The molecule has 19 heteroatoms. The van der Waals surface area contributed by atoms with E-state index in [-0.39, 0.29) is 47.8 Å². The van der Waals surface area contributed by atoms with Crippen LogP contribution in [-0.2, 0) is 52.2 Å². The molecule has 0 aromatic rings. The van der Waals surface area contributed by atoms with E-state index in [1.165, 1.54) is 14.0 Å². The lowest BCUT2D eigenvalue weighted by Crippen LogP contribution is -2.65. The van der Waals surface area contributed by atoms with Crippen molar-refractivity contribution in [3.05, 3.63) is 23.8 Å². The van der Waals surface area contributed by atoms with Gasteiger partial charge in [0.25, 0.3) is 0 Å². The highest BCUT2D eigenvalue weighted by Gasteiger charge is 2.65. The van der Waals surface area contributed by atoms with Crippen LogP contribution in [0.25, 0.3) is 0 Å². The van der Waals surface area contributed by atoms with Crippen molar-refractivity contribution >= 4 is 11.9 Å². The SMILES string of the molecule is C=C1[C@@H](C2=CC(=O)OC2)CC[C@@]2(O)[C@@H]1C[C@H]1[C@H]2CC[C@@H]2C[C@@H](O[C@@H]3O[C@@H](C)[C@H](O[C@@H]4O[C@H](CO[C@@H]5O[C@H](CO)[C@@H](O)[C@H](O)[C@H]5O)[C@@H](O)[C@H](O)[C@H]4O)[C@@H](OC)[C@@H]3OC(C)=O)CC[C@@]21C. The molecule has 0 bridgehead atoms. The largest absolute Gasteiger partial charge is 0.458 e. The fraction of sp³-hybridized carbons (Fsp3) is 0.864. The summed E-state index contributed by atoms with van der Waals surface area (Å²) in [6.45, 7) is 8.84. The number of hydrogen-bond donors (Lipinski definition) is 8. The summed E-state index contributed by atoms with van der Waals surface area (Å²) in [4.78, 5) is 24.5. The molecular formula is C44H66O19. The fourth-order valence-electron chi connectivity index (χ4n) is 12.6. The van der Waals surface area contributed by atoms with E-state index in [0.717, 1.165) is 49.7 Å².